The monoisotopic (exact) mass is 448 g/mol. The predicted octanol–water partition coefficient (Wildman–Crippen LogP) is 4.62. The molecule has 2 heterocycles. The fourth-order valence-electron chi connectivity index (χ4n) is 4.11. The van der Waals surface area contributed by atoms with Gasteiger partial charge in [0.25, 0.3) is 0 Å². The normalized spacial score (nSPS) is 18.6. The lowest BCUT2D eigenvalue weighted by molar-refractivity contribution is 0.0636. The number of piperidine rings is 1. The number of aliphatic hydroxyl groups excluding tert-OH is 2. The van der Waals surface area contributed by atoms with Crippen molar-refractivity contribution < 1.29 is 14.9 Å². The lowest BCUT2D eigenvalue weighted by Crippen LogP contribution is -2.45. The zero-order valence-corrected chi connectivity index (χ0v) is 18.2. The summed E-state index contributed by atoms with van der Waals surface area (Å²) < 4.78 is 6.04. The second-order valence-electron chi connectivity index (χ2n) is 7.86. The van der Waals surface area contributed by atoms with Crippen LogP contribution in [0.5, 0.6) is 5.75 Å². The summed E-state index contributed by atoms with van der Waals surface area (Å²) >= 11 is 12.0. The largest absolute Gasteiger partial charge is 0.508 e. The van der Waals surface area contributed by atoms with Crippen LogP contribution in [-0.2, 0) is 0 Å². The second-order valence-corrected chi connectivity index (χ2v) is 8.67. The van der Waals surface area contributed by atoms with Gasteiger partial charge in [-0.25, -0.2) is 0 Å². The Balaban J connectivity index is 1.26. The first-order valence-electron chi connectivity index (χ1n) is 10.2. The molecule has 0 unspecified atom stereocenters. The third kappa shape index (κ3) is 5.03. The quantitative estimate of drug-likeness (QED) is 0.675. The molecular weight excluding hydrogens is 423 g/mol. The molecule has 0 saturated carbocycles. The van der Waals surface area contributed by atoms with Gasteiger partial charge in [0.15, 0.2) is 0 Å². The molecule has 2 aliphatic rings. The van der Waals surface area contributed by atoms with Crippen molar-refractivity contribution in [3.63, 3.8) is 0 Å². The molecule has 1 fully saturated rings. The van der Waals surface area contributed by atoms with Crippen molar-refractivity contribution in [3.8, 4) is 5.75 Å². The van der Waals surface area contributed by atoms with E-state index in [0.717, 1.165) is 42.9 Å². The van der Waals surface area contributed by atoms with E-state index < -0.39 is 6.10 Å². The van der Waals surface area contributed by atoms with Gasteiger partial charge in [0.1, 0.15) is 17.6 Å². The van der Waals surface area contributed by atoms with Gasteiger partial charge >= 0.3 is 0 Å². The van der Waals surface area contributed by atoms with Gasteiger partial charge in [0, 0.05) is 50.0 Å². The number of rotatable bonds is 6. The van der Waals surface area contributed by atoms with Crippen molar-refractivity contribution in [1.82, 2.24) is 4.90 Å². The lowest BCUT2D eigenvalue weighted by atomic mass is 10.0. The van der Waals surface area contributed by atoms with Gasteiger partial charge in [0.2, 0.25) is 0 Å². The second kappa shape index (κ2) is 9.48. The molecule has 0 bridgehead atoms. The summed E-state index contributed by atoms with van der Waals surface area (Å²) in [5, 5.41) is 21.8. The Morgan fingerprint density at radius 3 is 2.57 bits per heavy atom. The number of benzene rings is 2. The van der Waals surface area contributed by atoms with Gasteiger partial charge < -0.3 is 24.7 Å². The molecule has 160 valence electrons. The number of nitrogens with zero attached hydrogens (tertiary/aromatic N) is 2. The van der Waals surface area contributed by atoms with Crippen LogP contribution in [0.3, 0.4) is 0 Å². The summed E-state index contributed by atoms with van der Waals surface area (Å²) in [7, 11) is 0. The molecule has 0 spiro atoms. The van der Waals surface area contributed by atoms with Crippen LogP contribution >= 0.6 is 23.2 Å². The molecule has 0 amide bonds. The molecule has 2 aromatic rings. The lowest BCUT2D eigenvalue weighted by Gasteiger charge is -2.35. The molecule has 2 aliphatic heterocycles. The Morgan fingerprint density at radius 1 is 1.03 bits per heavy atom. The maximum atomic E-state index is 10.7. The average Bonchev–Trinajstić information content (AvgIpc) is 2.74. The van der Waals surface area contributed by atoms with Crippen molar-refractivity contribution in [3.05, 3.63) is 64.1 Å². The first-order chi connectivity index (χ1) is 14.5. The number of halogens is 2. The summed E-state index contributed by atoms with van der Waals surface area (Å²) in [6.07, 6.45) is 3.25. The molecule has 1 atom stereocenters. The minimum atomic E-state index is -0.473. The Kier molecular flexibility index (Phi) is 6.74. The number of aliphatic hydroxyl groups is 2. The number of ether oxygens (including phenoxy) is 1. The van der Waals surface area contributed by atoms with Crippen molar-refractivity contribution in [2.75, 3.05) is 37.6 Å². The Morgan fingerprint density at radius 2 is 1.80 bits per heavy atom. The maximum absolute atomic E-state index is 10.7. The Labute approximate surface area is 187 Å². The Bertz CT molecular complexity index is 913. The molecule has 1 saturated heterocycles. The fraction of sp³-hybridized carbons (Fsp3) is 0.391. The highest BCUT2D eigenvalue weighted by Crippen LogP contribution is 2.30. The number of likely N-dealkylation sites (tertiary alicyclic amines) is 1. The first-order valence-corrected chi connectivity index (χ1v) is 11.0. The zero-order valence-electron chi connectivity index (χ0n) is 16.7. The van der Waals surface area contributed by atoms with Crippen LogP contribution in [0.4, 0.5) is 5.69 Å². The third-order valence-corrected chi connectivity index (χ3v) is 6.39. The van der Waals surface area contributed by atoms with E-state index in [0.29, 0.717) is 35.4 Å². The number of hydrogen-bond acceptors (Lipinski definition) is 5. The number of anilines is 1. The van der Waals surface area contributed by atoms with E-state index >= 15 is 0 Å². The van der Waals surface area contributed by atoms with Crippen LogP contribution < -0.4 is 9.64 Å². The van der Waals surface area contributed by atoms with Gasteiger partial charge in [-0.3, -0.25) is 0 Å². The Hall–Kier alpha value is -1.92. The number of hydrogen-bond donors (Lipinski definition) is 2. The van der Waals surface area contributed by atoms with Crippen molar-refractivity contribution >= 4 is 34.6 Å². The SMILES string of the molecule is OC1=CCN(C[C@H](O)CN2CCC(Oc3ccc(Cl)c(Cl)c3)CC2)c2ccccc21. The average molecular weight is 449 g/mol. The van der Waals surface area contributed by atoms with Gasteiger partial charge in [-0.15, -0.1) is 0 Å². The predicted molar refractivity (Wildman–Crippen MR) is 122 cm³/mol. The van der Waals surface area contributed by atoms with Crippen LogP contribution in [0, 0.1) is 0 Å². The number of fused-ring (bicyclic) bond motifs is 1. The highest BCUT2D eigenvalue weighted by atomic mass is 35.5. The summed E-state index contributed by atoms with van der Waals surface area (Å²) in [5.74, 6) is 1.04. The first kappa shape index (κ1) is 21.3. The molecule has 2 N–H and O–H groups in total. The topological polar surface area (TPSA) is 56.2 Å². The molecule has 4 rings (SSSR count). The third-order valence-electron chi connectivity index (χ3n) is 5.65. The molecule has 0 radical (unpaired) electrons. The maximum Gasteiger partial charge on any atom is 0.122 e. The zero-order chi connectivity index (χ0) is 21.1. The van der Waals surface area contributed by atoms with E-state index in [1.54, 1.807) is 18.2 Å². The van der Waals surface area contributed by atoms with E-state index in [-0.39, 0.29) is 6.10 Å². The molecule has 7 heteroatoms. The summed E-state index contributed by atoms with van der Waals surface area (Å²) in [6.45, 7) is 3.49. The van der Waals surface area contributed by atoms with E-state index in [4.69, 9.17) is 27.9 Å². The molecule has 5 nitrogen and oxygen atoms in total. The van der Waals surface area contributed by atoms with E-state index in [1.165, 1.54) is 0 Å². The summed E-state index contributed by atoms with van der Waals surface area (Å²) in [4.78, 5) is 4.39. The van der Waals surface area contributed by atoms with Crippen LogP contribution in [0.15, 0.2) is 48.5 Å². The summed E-state index contributed by atoms with van der Waals surface area (Å²) in [5.41, 5.74) is 1.78. The van der Waals surface area contributed by atoms with Crippen molar-refractivity contribution in [1.29, 1.82) is 0 Å². The van der Waals surface area contributed by atoms with Gasteiger partial charge in [-0.05, 0) is 43.2 Å². The van der Waals surface area contributed by atoms with Crippen LogP contribution in [0.2, 0.25) is 10.0 Å². The van der Waals surface area contributed by atoms with Crippen LogP contribution in [0.25, 0.3) is 5.76 Å². The number of para-hydroxylation sites is 1. The van der Waals surface area contributed by atoms with Gasteiger partial charge in [0.05, 0.1) is 16.1 Å². The molecule has 0 aromatic heterocycles. The highest BCUT2D eigenvalue weighted by molar-refractivity contribution is 6.42. The highest BCUT2D eigenvalue weighted by Gasteiger charge is 2.25. The minimum Gasteiger partial charge on any atom is -0.508 e. The molecule has 0 aliphatic carbocycles. The minimum absolute atomic E-state index is 0.137. The molecular formula is C23H26Cl2N2O3. The number of β-amino-alcohol motifs (C(OH)–C–C–N with tert-alkyl or cyclic N) is 1. The van der Waals surface area contributed by atoms with Gasteiger partial charge in [-0.1, -0.05) is 35.3 Å². The standard InChI is InChI=1S/C23H26Cl2N2O3/c24-20-6-5-18(13-21(20)25)30-17-7-10-26(11-8-17)14-16(28)15-27-12-9-23(29)19-3-1-2-4-22(19)27/h1-6,9,13,16-17,28-29H,7-8,10-12,14-15H2/t16-/m1/s1. The molecule has 2 aromatic carbocycles. The van der Waals surface area contributed by atoms with Crippen LogP contribution in [0.1, 0.15) is 18.4 Å². The van der Waals surface area contributed by atoms with Crippen molar-refractivity contribution in [2.45, 2.75) is 25.0 Å². The van der Waals surface area contributed by atoms with E-state index in [9.17, 15) is 10.2 Å². The summed E-state index contributed by atoms with van der Waals surface area (Å²) in [6, 6.07) is 13.1. The van der Waals surface area contributed by atoms with Gasteiger partial charge in [-0.2, -0.15) is 0 Å². The van der Waals surface area contributed by atoms with Crippen LogP contribution in [-0.4, -0.2) is 60.0 Å². The van der Waals surface area contributed by atoms with Crippen molar-refractivity contribution in [2.24, 2.45) is 0 Å². The van der Waals surface area contributed by atoms with E-state index in [1.807, 2.05) is 30.3 Å². The fourth-order valence-corrected chi connectivity index (χ4v) is 4.39. The molecule has 30 heavy (non-hydrogen) atoms. The van der Waals surface area contributed by atoms with E-state index in [2.05, 4.69) is 9.80 Å². The smallest absolute Gasteiger partial charge is 0.122 e.